The average Bonchev–Trinajstić information content (AvgIpc) is 3.47. The zero-order valence-electron chi connectivity index (χ0n) is 18.2. The number of aryl methyl sites for hydroxylation is 2. The molecule has 1 aliphatic rings. The number of pyridine rings is 1. The molecule has 1 aliphatic carbocycles. The quantitative estimate of drug-likeness (QED) is 0.551. The molecule has 4 rings (SSSR count). The first-order chi connectivity index (χ1) is 15.4. The van der Waals surface area contributed by atoms with E-state index < -0.39 is 22.4 Å². The van der Waals surface area contributed by atoms with Crippen LogP contribution in [0, 0.1) is 12.8 Å². The standard InChI is InChI=1S/C21H23F3N4O4S/c1-4-33(30,31)26-16-8-14(15-7-12(2)19(29)27(3)11-15)9-17-18(16)25-20(32-21(22,23)24)28(17)10-13-5-6-13/h7-9,11,13,26H,4-6,10H2,1-3H3. The number of alkyl halides is 3. The van der Waals surface area contributed by atoms with Crippen LogP contribution in [0.5, 0.6) is 6.01 Å². The van der Waals surface area contributed by atoms with Crippen molar-refractivity contribution in [3.8, 4) is 17.1 Å². The summed E-state index contributed by atoms with van der Waals surface area (Å²) >= 11 is 0. The second-order valence-electron chi connectivity index (χ2n) is 8.22. The van der Waals surface area contributed by atoms with Crippen LogP contribution in [0.4, 0.5) is 18.9 Å². The molecule has 0 atom stereocenters. The third-order valence-corrected chi connectivity index (χ3v) is 6.80. The van der Waals surface area contributed by atoms with Gasteiger partial charge in [-0.3, -0.25) is 14.1 Å². The Bertz CT molecular complexity index is 1360. The van der Waals surface area contributed by atoms with E-state index >= 15 is 0 Å². The number of imidazole rings is 1. The number of rotatable bonds is 7. The number of nitrogens with one attached hydrogen (secondary N) is 1. The molecule has 1 fully saturated rings. The van der Waals surface area contributed by atoms with Gasteiger partial charge in [0.25, 0.3) is 5.56 Å². The lowest BCUT2D eigenvalue weighted by Gasteiger charge is -2.13. The number of ether oxygens (including phenoxy) is 1. The van der Waals surface area contributed by atoms with Crippen molar-refractivity contribution in [2.45, 2.75) is 39.6 Å². The number of hydrogen-bond donors (Lipinski definition) is 1. The summed E-state index contributed by atoms with van der Waals surface area (Å²) in [5.74, 6) is -0.0379. The Morgan fingerprint density at radius 1 is 1.21 bits per heavy atom. The summed E-state index contributed by atoms with van der Waals surface area (Å²) in [6.07, 6.45) is -1.62. The van der Waals surface area contributed by atoms with E-state index in [1.165, 1.54) is 22.1 Å². The number of nitrogens with zero attached hydrogens (tertiary/aromatic N) is 3. The maximum Gasteiger partial charge on any atom is 0.575 e. The Hall–Kier alpha value is -3.02. The zero-order chi connectivity index (χ0) is 24.1. The molecular weight excluding hydrogens is 461 g/mol. The summed E-state index contributed by atoms with van der Waals surface area (Å²) in [5, 5.41) is 0. The van der Waals surface area contributed by atoms with Crippen LogP contribution in [-0.2, 0) is 23.6 Å². The molecule has 0 radical (unpaired) electrons. The van der Waals surface area contributed by atoms with Crippen molar-refractivity contribution >= 4 is 26.7 Å². The normalized spacial score (nSPS) is 14.6. The van der Waals surface area contributed by atoms with E-state index in [-0.39, 0.29) is 35.0 Å². The number of aromatic nitrogens is 3. The van der Waals surface area contributed by atoms with E-state index in [0.717, 1.165) is 12.8 Å². The van der Waals surface area contributed by atoms with E-state index in [9.17, 15) is 26.4 Å². The van der Waals surface area contributed by atoms with Crippen LogP contribution >= 0.6 is 0 Å². The topological polar surface area (TPSA) is 95.2 Å². The number of fused-ring (bicyclic) bond motifs is 1. The van der Waals surface area contributed by atoms with Gasteiger partial charge in [-0.25, -0.2) is 8.42 Å². The molecule has 2 aromatic heterocycles. The largest absolute Gasteiger partial charge is 0.575 e. The van der Waals surface area contributed by atoms with Crippen molar-refractivity contribution in [2.24, 2.45) is 13.0 Å². The van der Waals surface area contributed by atoms with Crippen LogP contribution in [-0.4, -0.2) is 34.7 Å². The van der Waals surface area contributed by atoms with E-state index in [1.807, 2.05) is 0 Å². The fourth-order valence-electron chi connectivity index (χ4n) is 3.64. The fourth-order valence-corrected chi connectivity index (χ4v) is 4.27. The third-order valence-electron chi connectivity index (χ3n) is 5.50. The zero-order valence-corrected chi connectivity index (χ0v) is 19.0. The molecule has 2 heterocycles. The molecule has 3 aromatic rings. The number of hydrogen-bond acceptors (Lipinski definition) is 5. The molecule has 12 heteroatoms. The maximum atomic E-state index is 13.1. The van der Waals surface area contributed by atoms with E-state index in [2.05, 4.69) is 14.4 Å². The molecule has 0 amide bonds. The van der Waals surface area contributed by atoms with Crippen LogP contribution in [0.2, 0.25) is 0 Å². The van der Waals surface area contributed by atoms with Gasteiger partial charge in [-0.2, -0.15) is 4.98 Å². The van der Waals surface area contributed by atoms with E-state index in [1.54, 1.807) is 32.3 Å². The first-order valence-electron chi connectivity index (χ1n) is 10.3. The highest BCUT2D eigenvalue weighted by Crippen LogP contribution is 2.39. The Kier molecular flexibility index (Phi) is 5.67. The number of halogens is 3. The molecule has 0 spiro atoms. The molecule has 0 aliphatic heterocycles. The molecule has 1 N–H and O–H groups in total. The molecule has 33 heavy (non-hydrogen) atoms. The monoisotopic (exact) mass is 484 g/mol. The lowest BCUT2D eigenvalue weighted by atomic mass is 10.0. The number of sulfonamides is 1. The van der Waals surface area contributed by atoms with Crippen molar-refractivity contribution in [2.75, 3.05) is 10.5 Å². The minimum Gasteiger partial charge on any atom is -0.372 e. The highest BCUT2D eigenvalue weighted by atomic mass is 32.2. The third kappa shape index (κ3) is 5.00. The fraction of sp³-hybridized carbons (Fsp3) is 0.429. The van der Waals surface area contributed by atoms with Crippen molar-refractivity contribution in [1.29, 1.82) is 0 Å². The van der Waals surface area contributed by atoms with Crippen LogP contribution in [0.15, 0.2) is 29.2 Å². The second kappa shape index (κ2) is 8.08. The number of anilines is 1. The summed E-state index contributed by atoms with van der Waals surface area (Å²) < 4.78 is 73.2. The summed E-state index contributed by atoms with van der Waals surface area (Å²) in [4.78, 5) is 16.1. The molecule has 0 bridgehead atoms. The predicted molar refractivity (Wildman–Crippen MR) is 118 cm³/mol. The summed E-state index contributed by atoms with van der Waals surface area (Å²) in [6.45, 7) is 3.36. The Morgan fingerprint density at radius 3 is 2.48 bits per heavy atom. The Balaban J connectivity index is 1.99. The van der Waals surface area contributed by atoms with Gasteiger partial charge in [0.2, 0.25) is 10.0 Å². The Morgan fingerprint density at radius 2 is 1.91 bits per heavy atom. The Labute approximate surface area is 188 Å². The summed E-state index contributed by atoms with van der Waals surface area (Å²) in [7, 11) is -2.16. The highest BCUT2D eigenvalue weighted by molar-refractivity contribution is 7.92. The highest BCUT2D eigenvalue weighted by Gasteiger charge is 2.35. The first-order valence-corrected chi connectivity index (χ1v) is 12.0. The van der Waals surface area contributed by atoms with Crippen molar-refractivity contribution < 1.29 is 26.3 Å². The summed E-state index contributed by atoms with van der Waals surface area (Å²) in [6, 6.07) is 4.14. The van der Waals surface area contributed by atoms with Crippen molar-refractivity contribution in [3.63, 3.8) is 0 Å². The van der Waals surface area contributed by atoms with Gasteiger partial charge in [0.05, 0.1) is 17.0 Å². The lowest BCUT2D eigenvalue weighted by Crippen LogP contribution is -2.20. The SMILES string of the molecule is CCS(=O)(=O)Nc1cc(-c2cc(C)c(=O)n(C)c2)cc2c1nc(OC(F)(F)F)n2CC1CC1. The van der Waals surface area contributed by atoms with Crippen molar-refractivity contribution in [3.05, 3.63) is 40.3 Å². The molecule has 8 nitrogen and oxygen atoms in total. The minimum atomic E-state index is -4.95. The van der Waals surface area contributed by atoms with Gasteiger partial charge in [0.15, 0.2) is 0 Å². The number of benzene rings is 1. The smallest absolute Gasteiger partial charge is 0.372 e. The molecule has 1 aromatic carbocycles. The van der Waals surface area contributed by atoms with Gasteiger partial charge in [0.1, 0.15) is 5.52 Å². The van der Waals surface area contributed by atoms with E-state index in [0.29, 0.717) is 22.2 Å². The summed E-state index contributed by atoms with van der Waals surface area (Å²) in [5.41, 5.74) is 1.80. The molecule has 0 saturated heterocycles. The van der Waals surface area contributed by atoms with Crippen LogP contribution in [0.3, 0.4) is 0 Å². The molecule has 0 unspecified atom stereocenters. The van der Waals surface area contributed by atoms with E-state index in [4.69, 9.17) is 0 Å². The van der Waals surface area contributed by atoms with Gasteiger partial charge in [0, 0.05) is 25.4 Å². The van der Waals surface area contributed by atoms with Crippen LogP contribution in [0.1, 0.15) is 25.3 Å². The lowest BCUT2D eigenvalue weighted by molar-refractivity contribution is -0.278. The van der Waals surface area contributed by atoms with Gasteiger partial charge in [-0.05, 0) is 61.9 Å². The van der Waals surface area contributed by atoms with Gasteiger partial charge in [-0.15, -0.1) is 13.2 Å². The van der Waals surface area contributed by atoms with Gasteiger partial charge < -0.3 is 9.30 Å². The van der Waals surface area contributed by atoms with Gasteiger partial charge >= 0.3 is 12.4 Å². The molecule has 1 saturated carbocycles. The van der Waals surface area contributed by atoms with Crippen LogP contribution in [0.25, 0.3) is 22.2 Å². The molecular formula is C21H23F3N4O4S. The second-order valence-corrected chi connectivity index (χ2v) is 10.2. The first kappa shape index (κ1) is 23.1. The van der Waals surface area contributed by atoms with Crippen LogP contribution < -0.4 is 15.0 Å². The predicted octanol–water partition coefficient (Wildman–Crippen LogP) is 3.78. The molecule has 178 valence electrons. The maximum absolute atomic E-state index is 13.1. The van der Waals surface area contributed by atoms with Gasteiger partial charge in [-0.1, -0.05) is 0 Å². The van der Waals surface area contributed by atoms with Crippen molar-refractivity contribution in [1.82, 2.24) is 14.1 Å². The minimum absolute atomic E-state index is 0.0393. The average molecular weight is 485 g/mol.